The minimum absolute atomic E-state index is 0. The molecule has 0 aromatic heterocycles. The van der Waals surface area contributed by atoms with Crippen molar-refractivity contribution in [3.8, 4) is 11.5 Å². The predicted molar refractivity (Wildman–Crippen MR) is 89.2 cm³/mol. The summed E-state index contributed by atoms with van der Waals surface area (Å²) in [5, 5.41) is 0. The second-order valence-electron chi connectivity index (χ2n) is 4.75. The van der Waals surface area contributed by atoms with Crippen LogP contribution in [0.2, 0.25) is 0 Å². The molecule has 0 saturated heterocycles. The minimum Gasteiger partial charge on any atom is -0.493 e. The molecule has 2 N–H and O–H groups in total. The molecule has 0 saturated carbocycles. The van der Waals surface area contributed by atoms with Crippen LogP contribution in [0.5, 0.6) is 11.5 Å². The van der Waals surface area contributed by atoms with Crippen LogP contribution in [0.25, 0.3) is 0 Å². The number of benzene rings is 2. The Labute approximate surface area is 160 Å². The number of methoxy groups -OCH3 is 2. The first-order chi connectivity index (χ1) is 10.6. The van der Waals surface area contributed by atoms with Crippen molar-refractivity contribution in [3.63, 3.8) is 0 Å². The van der Waals surface area contributed by atoms with Gasteiger partial charge in [0, 0.05) is 21.1 Å². The van der Waals surface area contributed by atoms with E-state index in [2.05, 4.69) is 0 Å². The van der Waals surface area contributed by atoms with Crippen molar-refractivity contribution in [1.82, 2.24) is 3.94 Å². The Kier molecular flexibility index (Phi) is 8.38. The van der Waals surface area contributed by atoms with Gasteiger partial charge in [0.05, 0.1) is 26.3 Å². The molecule has 0 aliphatic rings. The first kappa shape index (κ1) is 20.3. The second-order valence-corrected chi connectivity index (χ2v) is 5.66. The molecule has 23 heavy (non-hydrogen) atoms. The summed E-state index contributed by atoms with van der Waals surface area (Å²) >= 11 is 12.0. The van der Waals surface area contributed by atoms with Gasteiger partial charge in [-0.3, -0.25) is 0 Å². The molecular formula is C16H18Cl2N2O2Pt. The van der Waals surface area contributed by atoms with Gasteiger partial charge < -0.3 is 15.2 Å². The van der Waals surface area contributed by atoms with Crippen LogP contribution in [0.1, 0.15) is 23.2 Å². The third-order valence-electron chi connectivity index (χ3n) is 3.48. The Morgan fingerprint density at radius 1 is 0.913 bits per heavy atom. The number of rotatable bonds is 6. The number of halogens is 2. The maximum absolute atomic E-state index is 6.38. The van der Waals surface area contributed by atoms with Crippen LogP contribution in [-0.2, 0) is 21.1 Å². The van der Waals surface area contributed by atoms with Crippen molar-refractivity contribution in [2.24, 2.45) is 5.73 Å². The largest absolute Gasteiger partial charge is 0.493 e. The van der Waals surface area contributed by atoms with E-state index >= 15 is 0 Å². The summed E-state index contributed by atoms with van der Waals surface area (Å²) in [7, 11) is 3.17. The summed E-state index contributed by atoms with van der Waals surface area (Å²) in [5.41, 5.74) is 8.15. The molecule has 2 aromatic carbocycles. The molecule has 0 bridgehead atoms. The van der Waals surface area contributed by atoms with Gasteiger partial charge in [-0.15, -0.1) is 3.94 Å². The first-order valence-corrected chi connectivity index (χ1v) is 7.39. The van der Waals surface area contributed by atoms with Crippen molar-refractivity contribution in [2.45, 2.75) is 12.1 Å². The van der Waals surface area contributed by atoms with Gasteiger partial charge in [-0.05, 0) is 46.8 Å². The molecule has 0 amide bonds. The third-order valence-corrected chi connectivity index (χ3v) is 3.90. The Balaban J connectivity index is 0.00000264. The van der Waals surface area contributed by atoms with Gasteiger partial charge in [0.25, 0.3) is 0 Å². The van der Waals surface area contributed by atoms with Crippen LogP contribution >= 0.6 is 23.6 Å². The molecule has 128 valence electrons. The molecule has 0 aliphatic carbocycles. The zero-order valence-corrected chi connectivity index (χ0v) is 16.5. The van der Waals surface area contributed by atoms with E-state index in [0.29, 0.717) is 11.5 Å². The number of hydrogen-bond acceptors (Lipinski definition) is 4. The summed E-state index contributed by atoms with van der Waals surface area (Å²) in [6.45, 7) is 0. The zero-order valence-electron chi connectivity index (χ0n) is 12.7. The topological polar surface area (TPSA) is 47.7 Å². The van der Waals surface area contributed by atoms with Gasteiger partial charge in [-0.25, -0.2) is 0 Å². The summed E-state index contributed by atoms with van der Waals surface area (Å²) in [6, 6.07) is 14.3. The zero-order chi connectivity index (χ0) is 16.1. The van der Waals surface area contributed by atoms with Crippen molar-refractivity contribution >= 4 is 23.6 Å². The van der Waals surface area contributed by atoms with Crippen LogP contribution in [0.3, 0.4) is 0 Å². The Bertz CT molecular complexity index is 614. The van der Waals surface area contributed by atoms with E-state index in [-0.39, 0.29) is 27.1 Å². The standard InChI is InChI=1S/C16H18Cl2N2O2.Pt/c1-21-13-9-8-12(10-14(13)22-2)15(19)16(20(17)18)11-6-4-3-5-7-11;/h3-10,15-16H,19H2,1-2H3;. The van der Waals surface area contributed by atoms with Crippen molar-refractivity contribution in [3.05, 3.63) is 59.7 Å². The monoisotopic (exact) mass is 535 g/mol. The molecule has 0 radical (unpaired) electrons. The fourth-order valence-electron chi connectivity index (χ4n) is 2.33. The fraction of sp³-hybridized carbons (Fsp3) is 0.250. The van der Waals surface area contributed by atoms with E-state index in [1.54, 1.807) is 14.2 Å². The van der Waals surface area contributed by atoms with Crippen LogP contribution < -0.4 is 15.2 Å². The summed E-state index contributed by atoms with van der Waals surface area (Å²) in [5.74, 6) is 1.25. The van der Waals surface area contributed by atoms with E-state index < -0.39 is 6.04 Å². The molecule has 4 nitrogen and oxygen atoms in total. The molecule has 7 heteroatoms. The quantitative estimate of drug-likeness (QED) is 0.567. The molecule has 2 aromatic rings. The van der Waals surface area contributed by atoms with Crippen molar-refractivity contribution in [1.29, 1.82) is 0 Å². The predicted octanol–water partition coefficient (Wildman–Crippen LogP) is 4.05. The van der Waals surface area contributed by atoms with Gasteiger partial charge >= 0.3 is 0 Å². The second kappa shape index (κ2) is 9.51. The molecular weight excluding hydrogens is 518 g/mol. The number of nitrogens with two attached hydrogens (primary N) is 1. The smallest absolute Gasteiger partial charge is 0.161 e. The Morgan fingerprint density at radius 2 is 1.52 bits per heavy atom. The van der Waals surface area contributed by atoms with Crippen LogP contribution in [0.15, 0.2) is 48.5 Å². The average molecular weight is 536 g/mol. The number of hydrogen-bond donors (Lipinski definition) is 1. The number of nitrogens with zero attached hydrogens (tertiary/aromatic N) is 1. The molecule has 0 spiro atoms. The van der Waals surface area contributed by atoms with E-state index in [1.165, 1.54) is 0 Å². The van der Waals surface area contributed by atoms with E-state index in [1.807, 2.05) is 48.5 Å². The summed E-state index contributed by atoms with van der Waals surface area (Å²) < 4.78 is 11.6. The van der Waals surface area contributed by atoms with Gasteiger partial charge in [-0.2, -0.15) is 0 Å². The van der Waals surface area contributed by atoms with E-state index in [9.17, 15) is 0 Å². The van der Waals surface area contributed by atoms with Crippen LogP contribution in [0, 0.1) is 0 Å². The van der Waals surface area contributed by atoms with E-state index in [4.69, 9.17) is 38.8 Å². The number of ether oxygens (including phenoxy) is 2. The molecule has 0 heterocycles. The molecule has 0 aliphatic heterocycles. The fourth-order valence-corrected chi connectivity index (χ4v) is 2.80. The third kappa shape index (κ3) is 4.85. The van der Waals surface area contributed by atoms with Gasteiger partial charge in [-0.1, -0.05) is 36.4 Å². The maximum Gasteiger partial charge on any atom is 0.161 e. The van der Waals surface area contributed by atoms with Gasteiger partial charge in [0.2, 0.25) is 0 Å². The van der Waals surface area contributed by atoms with Gasteiger partial charge in [0.15, 0.2) is 11.5 Å². The van der Waals surface area contributed by atoms with Crippen LogP contribution in [-0.4, -0.2) is 18.2 Å². The summed E-state index contributed by atoms with van der Waals surface area (Å²) in [4.78, 5) is 0. The van der Waals surface area contributed by atoms with Crippen molar-refractivity contribution in [2.75, 3.05) is 14.2 Å². The molecule has 2 rings (SSSR count). The minimum atomic E-state index is -0.433. The Morgan fingerprint density at radius 3 is 2.04 bits per heavy atom. The normalized spacial score (nSPS) is 13.1. The molecule has 2 atom stereocenters. The summed E-state index contributed by atoms with van der Waals surface area (Å²) in [6.07, 6.45) is 0. The first-order valence-electron chi connectivity index (χ1n) is 6.71. The van der Waals surface area contributed by atoms with Gasteiger partial charge in [0.1, 0.15) is 0 Å². The average Bonchev–Trinajstić information content (AvgIpc) is 2.54. The van der Waals surface area contributed by atoms with Crippen LogP contribution in [0.4, 0.5) is 0 Å². The molecule has 2 unspecified atom stereocenters. The Hall–Kier alpha value is -0.772. The van der Waals surface area contributed by atoms with Crippen molar-refractivity contribution < 1.29 is 30.5 Å². The SMILES string of the molecule is COc1ccc(C(N)C(c2ccccc2)N(Cl)Cl)cc1OC.[Pt]. The maximum atomic E-state index is 6.38. The molecule has 0 fully saturated rings. The van der Waals surface area contributed by atoms with E-state index in [0.717, 1.165) is 15.1 Å².